The van der Waals surface area contributed by atoms with Gasteiger partial charge in [-0.05, 0) is 31.5 Å². The molecule has 2 N–H and O–H groups in total. The number of nitrogens with one attached hydrogen (secondary N) is 1. The Morgan fingerprint density at radius 1 is 1.27 bits per heavy atom. The van der Waals surface area contributed by atoms with E-state index in [1.165, 1.54) is 6.07 Å². The monoisotopic (exact) mass is 366 g/mol. The maximum Gasteiger partial charge on any atom is 0.409 e. The van der Waals surface area contributed by atoms with Gasteiger partial charge in [-0.2, -0.15) is 0 Å². The summed E-state index contributed by atoms with van der Waals surface area (Å²) < 4.78 is 18.5. The maximum atomic E-state index is 13.5. The van der Waals surface area contributed by atoms with E-state index in [0.29, 0.717) is 39.3 Å². The molecule has 8 heteroatoms. The Morgan fingerprint density at radius 3 is 2.58 bits per heavy atom. The normalized spacial score (nSPS) is 15.2. The first-order chi connectivity index (χ1) is 12.6. The molecule has 1 aliphatic heterocycles. The van der Waals surface area contributed by atoms with Gasteiger partial charge in [-0.15, -0.1) is 0 Å². The van der Waals surface area contributed by atoms with Gasteiger partial charge in [-0.1, -0.05) is 6.07 Å². The van der Waals surface area contributed by atoms with Crippen molar-refractivity contribution in [3.05, 3.63) is 35.1 Å². The van der Waals surface area contributed by atoms with Crippen LogP contribution in [0.2, 0.25) is 0 Å². The van der Waals surface area contributed by atoms with Crippen molar-refractivity contribution in [2.75, 3.05) is 39.3 Å². The fourth-order valence-corrected chi connectivity index (χ4v) is 2.76. The van der Waals surface area contributed by atoms with E-state index >= 15 is 0 Å². The number of halogens is 1. The third kappa shape index (κ3) is 5.32. The Balaban J connectivity index is 2.00. The van der Waals surface area contributed by atoms with Gasteiger partial charge in [0.25, 0.3) is 0 Å². The molecule has 1 fully saturated rings. The molecule has 1 heterocycles. The first-order valence-electron chi connectivity index (χ1n) is 8.92. The highest BCUT2D eigenvalue weighted by atomic mass is 19.1. The Kier molecular flexibility index (Phi) is 7.65. The number of nitrogens with zero attached hydrogens (tertiary/aromatic N) is 3. The predicted octanol–water partition coefficient (Wildman–Crippen LogP) is 1.56. The average Bonchev–Trinajstić information content (AvgIpc) is 2.66. The number of rotatable bonds is 5. The Morgan fingerprint density at radius 2 is 1.96 bits per heavy atom. The predicted molar refractivity (Wildman–Crippen MR) is 97.3 cm³/mol. The van der Waals surface area contributed by atoms with Crippen LogP contribution in [-0.4, -0.2) is 66.3 Å². The molecule has 1 aliphatic rings. The molecule has 144 valence electrons. The van der Waals surface area contributed by atoms with Crippen LogP contribution in [0.3, 0.4) is 0 Å². The lowest BCUT2D eigenvalue weighted by Crippen LogP contribution is -2.53. The molecule has 1 aromatic carbocycles. The van der Waals surface area contributed by atoms with Gasteiger partial charge in [-0.25, -0.2) is 14.2 Å². The van der Waals surface area contributed by atoms with Gasteiger partial charge in [0.15, 0.2) is 5.96 Å². The highest BCUT2D eigenvalue weighted by Gasteiger charge is 2.23. The van der Waals surface area contributed by atoms with Crippen molar-refractivity contribution in [3.8, 4) is 0 Å². The Labute approximate surface area is 153 Å². The summed E-state index contributed by atoms with van der Waals surface area (Å²) in [6, 6.07) is 4.64. The fourth-order valence-electron chi connectivity index (χ4n) is 2.76. The molecule has 0 aromatic heterocycles. The molecule has 1 saturated heterocycles. The molecule has 0 bridgehead atoms. The van der Waals surface area contributed by atoms with E-state index in [2.05, 4.69) is 15.2 Å². The van der Waals surface area contributed by atoms with Crippen molar-refractivity contribution in [2.45, 2.75) is 27.0 Å². The Bertz CT molecular complexity index is 631. The van der Waals surface area contributed by atoms with Gasteiger partial charge >= 0.3 is 6.09 Å². The molecule has 0 atom stereocenters. The number of carbonyl (C=O) groups is 1. The molecule has 0 unspecified atom stereocenters. The lowest BCUT2D eigenvalue weighted by molar-refractivity contribution is 0.0914. The number of carbonyl (C=O) groups excluding carboxylic acids is 1. The summed E-state index contributed by atoms with van der Waals surface area (Å²) in [5.74, 6) is 0.341. The van der Waals surface area contributed by atoms with Crippen LogP contribution in [-0.2, 0) is 17.9 Å². The third-order valence-corrected chi connectivity index (χ3v) is 4.13. The zero-order chi connectivity index (χ0) is 18.9. The van der Waals surface area contributed by atoms with Gasteiger partial charge in [0.1, 0.15) is 5.82 Å². The number of piperazine rings is 1. The third-order valence-electron chi connectivity index (χ3n) is 4.13. The maximum absolute atomic E-state index is 13.5. The average molecular weight is 366 g/mol. The van der Waals surface area contributed by atoms with E-state index in [-0.39, 0.29) is 18.3 Å². The summed E-state index contributed by atoms with van der Waals surface area (Å²) in [6.07, 6.45) is -0.281. The van der Waals surface area contributed by atoms with E-state index in [1.807, 2.05) is 6.92 Å². The number of aliphatic imine (C=N–C) groups is 1. The van der Waals surface area contributed by atoms with Gasteiger partial charge < -0.3 is 25.0 Å². The van der Waals surface area contributed by atoms with Crippen LogP contribution >= 0.6 is 0 Å². The number of hydrogen-bond donors (Lipinski definition) is 2. The van der Waals surface area contributed by atoms with Crippen LogP contribution in [0.15, 0.2) is 23.2 Å². The lowest BCUT2D eigenvalue weighted by Gasteiger charge is -2.35. The second-order valence-electron chi connectivity index (χ2n) is 5.93. The number of ether oxygens (including phenoxy) is 1. The minimum atomic E-state index is -0.415. The largest absolute Gasteiger partial charge is 0.450 e. The van der Waals surface area contributed by atoms with E-state index < -0.39 is 5.82 Å². The van der Waals surface area contributed by atoms with Crippen LogP contribution in [0.25, 0.3) is 0 Å². The van der Waals surface area contributed by atoms with Crippen LogP contribution < -0.4 is 5.32 Å². The molecule has 0 spiro atoms. The summed E-state index contributed by atoms with van der Waals surface area (Å²) in [6.45, 7) is 7.41. The molecular weight excluding hydrogens is 339 g/mol. The molecule has 7 nitrogen and oxygen atoms in total. The smallest absolute Gasteiger partial charge is 0.409 e. The Hall–Kier alpha value is -2.35. The van der Waals surface area contributed by atoms with E-state index in [0.717, 1.165) is 18.1 Å². The van der Waals surface area contributed by atoms with Crippen molar-refractivity contribution in [1.29, 1.82) is 0 Å². The lowest BCUT2D eigenvalue weighted by atomic mass is 10.1. The zero-order valence-electron chi connectivity index (χ0n) is 15.4. The number of benzene rings is 1. The molecule has 1 aromatic rings. The van der Waals surface area contributed by atoms with Crippen molar-refractivity contribution in [1.82, 2.24) is 15.1 Å². The highest BCUT2D eigenvalue weighted by Crippen LogP contribution is 2.12. The number of hydrogen-bond acceptors (Lipinski definition) is 4. The van der Waals surface area contributed by atoms with Gasteiger partial charge in [0.2, 0.25) is 0 Å². The summed E-state index contributed by atoms with van der Waals surface area (Å²) >= 11 is 0. The van der Waals surface area contributed by atoms with E-state index in [9.17, 15) is 14.3 Å². The fraction of sp³-hybridized carbons (Fsp3) is 0.556. The molecule has 0 aliphatic carbocycles. The summed E-state index contributed by atoms with van der Waals surface area (Å²) in [4.78, 5) is 20.2. The van der Waals surface area contributed by atoms with Crippen LogP contribution in [0.4, 0.5) is 9.18 Å². The standard InChI is InChI=1S/C18H27FN4O3/c1-3-20-17(21-12-14-5-6-16(19)15(11-14)13-24)22-7-9-23(10-8-22)18(25)26-4-2/h5-6,11,24H,3-4,7-10,12-13H2,1-2H3,(H,20,21). The SMILES string of the molecule is CCNC(=NCc1ccc(F)c(CO)c1)N1CCN(C(=O)OCC)CC1. The topological polar surface area (TPSA) is 77.4 Å². The summed E-state index contributed by atoms with van der Waals surface area (Å²) in [5, 5.41) is 12.4. The molecule has 0 saturated carbocycles. The second kappa shape index (κ2) is 9.96. The highest BCUT2D eigenvalue weighted by molar-refractivity contribution is 5.80. The van der Waals surface area contributed by atoms with Crippen LogP contribution in [0.5, 0.6) is 0 Å². The van der Waals surface area contributed by atoms with Crippen molar-refractivity contribution in [3.63, 3.8) is 0 Å². The molecule has 0 radical (unpaired) electrons. The quantitative estimate of drug-likeness (QED) is 0.611. The van der Waals surface area contributed by atoms with E-state index in [4.69, 9.17) is 4.74 Å². The van der Waals surface area contributed by atoms with Crippen LogP contribution in [0.1, 0.15) is 25.0 Å². The van der Waals surface area contributed by atoms with Crippen LogP contribution in [0, 0.1) is 5.82 Å². The number of aliphatic hydroxyl groups is 1. The van der Waals surface area contributed by atoms with Gasteiger partial charge in [0.05, 0.1) is 19.8 Å². The van der Waals surface area contributed by atoms with Crippen molar-refractivity contribution in [2.24, 2.45) is 4.99 Å². The zero-order valence-corrected chi connectivity index (χ0v) is 15.4. The number of aliphatic hydroxyl groups excluding tert-OH is 1. The molecule has 26 heavy (non-hydrogen) atoms. The minimum absolute atomic E-state index is 0.269. The summed E-state index contributed by atoms with van der Waals surface area (Å²) in [5.41, 5.74) is 1.10. The van der Waals surface area contributed by atoms with Gasteiger partial charge in [-0.3, -0.25) is 0 Å². The summed E-state index contributed by atoms with van der Waals surface area (Å²) in [7, 11) is 0. The van der Waals surface area contributed by atoms with E-state index in [1.54, 1.807) is 24.0 Å². The number of amides is 1. The minimum Gasteiger partial charge on any atom is -0.450 e. The van der Waals surface area contributed by atoms with Gasteiger partial charge in [0, 0.05) is 38.3 Å². The molecular formula is C18H27FN4O3. The molecule has 2 rings (SSSR count). The second-order valence-corrected chi connectivity index (χ2v) is 5.93. The first kappa shape index (κ1) is 20.0. The first-order valence-corrected chi connectivity index (χ1v) is 8.92. The van der Waals surface area contributed by atoms with Crippen molar-refractivity contribution < 1.29 is 19.0 Å². The number of guanidine groups is 1. The molecule has 1 amide bonds. The van der Waals surface area contributed by atoms with Crippen molar-refractivity contribution >= 4 is 12.1 Å².